The minimum Gasteiger partial charge on any atom is -0.467 e. The second-order valence-corrected chi connectivity index (χ2v) is 11.1. The average Bonchev–Trinajstić information content (AvgIpc) is 3.03. The van der Waals surface area contributed by atoms with Gasteiger partial charge in [0.2, 0.25) is 0 Å². The summed E-state index contributed by atoms with van der Waals surface area (Å²) in [6.07, 6.45) is -4.34. The zero-order chi connectivity index (χ0) is 33.3. The number of fused-ring (bicyclic) bond motifs is 1. The first kappa shape index (κ1) is 32.9. The standard InChI is InChI=1S/C31H32F4N4O7/c1-17-12-20(38-9-11-46-16-25(38)31(33,34)35)14-22(32)26(17)27(40)36-23(29(42)44-3)13-18-4-6-19(7-5-18)39-28(41)21-8-10-45-15-24(21)37(2)30(39)43/h4-7,12,14,23,25H,8-11,13,15-16H2,1-3H3,(H,36,40)/t23-,25+/m0/s1. The number of benzene rings is 2. The van der Waals surface area contributed by atoms with Crippen molar-refractivity contribution < 1.29 is 41.4 Å². The van der Waals surface area contributed by atoms with Crippen LogP contribution in [0.25, 0.3) is 5.69 Å². The monoisotopic (exact) mass is 648 g/mol. The lowest BCUT2D eigenvalue weighted by Crippen LogP contribution is -2.53. The Morgan fingerprint density at radius 2 is 1.80 bits per heavy atom. The Morgan fingerprint density at radius 1 is 1.09 bits per heavy atom. The molecule has 0 unspecified atom stereocenters. The second kappa shape index (κ2) is 13.1. The molecule has 246 valence electrons. The van der Waals surface area contributed by atoms with Gasteiger partial charge < -0.3 is 24.4 Å². The highest BCUT2D eigenvalue weighted by Gasteiger charge is 2.45. The summed E-state index contributed by atoms with van der Waals surface area (Å²) in [5.41, 5.74) is 0.428. The molecule has 2 aliphatic heterocycles. The SMILES string of the molecule is COC(=O)[C@H](Cc1ccc(-n2c(=O)c3c(n(C)c2=O)COCC3)cc1)NC(=O)c1c(C)cc(N2CCOC[C@@H]2C(F)(F)F)cc1F. The van der Waals surface area contributed by atoms with Crippen molar-refractivity contribution in [3.8, 4) is 5.69 Å². The molecule has 1 N–H and O–H groups in total. The van der Waals surface area contributed by atoms with E-state index in [9.17, 15) is 32.3 Å². The Kier molecular flexibility index (Phi) is 9.35. The van der Waals surface area contributed by atoms with E-state index in [1.165, 1.54) is 29.7 Å². The van der Waals surface area contributed by atoms with Gasteiger partial charge >= 0.3 is 17.8 Å². The van der Waals surface area contributed by atoms with E-state index < -0.39 is 59.4 Å². The van der Waals surface area contributed by atoms with Gasteiger partial charge in [-0.25, -0.2) is 18.5 Å². The minimum atomic E-state index is -4.62. The van der Waals surface area contributed by atoms with Crippen LogP contribution in [0.1, 0.15) is 32.7 Å². The first-order chi connectivity index (χ1) is 21.8. The van der Waals surface area contributed by atoms with Crippen molar-refractivity contribution in [3.63, 3.8) is 0 Å². The number of esters is 1. The number of nitrogens with one attached hydrogen (secondary N) is 1. The van der Waals surface area contributed by atoms with Gasteiger partial charge in [-0.05, 0) is 42.3 Å². The molecule has 0 bridgehead atoms. The number of carbonyl (C=O) groups excluding carboxylic acids is 2. The van der Waals surface area contributed by atoms with E-state index in [1.807, 2.05) is 0 Å². The molecule has 46 heavy (non-hydrogen) atoms. The highest BCUT2D eigenvalue weighted by Crippen LogP contribution is 2.33. The number of rotatable bonds is 7. The summed E-state index contributed by atoms with van der Waals surface area (Å²) >= 11 is 0. The Morgan fingerprint density at radius 3 is 2.46 bits per heavy atom. The molecule has 3 aromatic rings. The van der Waals surface area contributed by atoms with Crippen LogP contribution in [0, 0.1) is 12.7 Å². The number of aryl methyl sites for hydroxylation is 1. The summed E-state index contributed by atoms with van der Waals surface area (Å²) in [4.78, 5) is 53.0. The van der Waals surface area contributed by atoms with E-state index in [4.69, 9.17) is 14.2 Å². The molecule has 2 atom stereocenters. The van der Waals surface area contributed by atoms with Crippen LogP contribution in [-0.4, -0.2) is 72.7 Å². The van der Waals surface area contributed by atoms with Gasteiger partial charge in [0, 0.05) is 37.7 Å². The Bertz CT molecular complexity index is 1750. The maximum absolute atomic E-state index is 15.3. The van der Waals surface area contributed by atoms with Crippen LogP contribution >= 0.6 is 0 Å². The number of nitrogens with zero attached hydrogens (tertiary/aromatic N) is 3. The maximum atomic E-state index is 15.3. The van der Waals surface area contributed by atoms with Gasteiger partial charge in [-0.1, -0.05) is 12.1 Å². The number of halogens is 4. The molecule has 0 radical (unpaired) electrons. The number of methoxy groups -OCH3 is 1. The topological polar surface area (TPSA) is 121 Å². The first-order valence-electron chi connectivity index (χ1n) is 14.4. The second-order valence-electron chi connectivity index (χ2n) is 11.1. The quantitative estimate of drug-likeness (QED) is 0.306. The highest BCUT2D eigenvalue weighted by atomic mass is 19.4. The third-order valence-electron chi connectivity index (χ3n) is 8.19. The Labute approximate surface area is 260 Å². The molecule has 15 heteroatoms. The van der Waals surface area contributed by atoms with Crippen molar-refractivity contribution in [2.75, 3.05) is 38.4 Å². The van der Waals surface area contributed by atoms with Gasteiger partial charge in [0.25, 0.3) is 11.5 Å². The van der Waals surface area contributed by atoms with Gasteiger partial charge in [0.05, 0.1) is 50.5 Å². The first-order valence-corrected chi connectivity index (χ1v) is 14.4. The van der Waals surface area contributed by atoms with Gasteiger partial charge in [0.1, 0.15) is 17.9 Å². The van der Waals surface area contributed by atoms with Crippen molar-refractivity contribution in [1.82, 2.24) is 14.5 Å². The summed E-state index contributed by atoms with van der Waals surface area (Å²) in [6, 6.07) is 5.11. The highest BCUT2D eigenvalue weighted by molar-refractivity contribution is 5.98. The molecule has 1 aromatic heterocycles. The van der Waals surface area contributed by atoms with E-state index in [0.717, 1.165) is 22.6 Å². The van der Waals surface area contributed by atoms with Crippen LogP contribution in [0.4, 0.5) is 23.2 Å². The van der Waals surface area contributed by atoms with E-state index in [2.05, 4.69) is 5.32 Å². The molecule has 11 nitrogen and oxygen atoms in total. The van der Waals surface area contributed by atoms with Crippen molar-refractivity contribution in [1.29, 1.82) is 0 Å². The smallest absolute Gasteiger partial charge is 0.411 e. The number of alkyl halides is 3. The maximum Gasteiger partial charge on any atom is 0.411 e. The number of amides is 1. The van der Waals surface area contributed by atoms with Crippen LogP contribution in [0.15, 0.2) is 46.0 Å². The van der Waals surface area contributed by atoms with Crippen LogP contribution in [0.3, 0.4) is 0 Å². The fourth-order valence-electron chi connectivity index (χ4n) is 5.77. The number of morpholine rings is 1. The molecule has 0 saturated carbocycles. The summed E-state index contributed by atoms with van der Waals surface area (Å²) < 4.78 is 73.7. The Hall–Kier alpha value is -4.50. The van der Waals surface area contributed by atoms with Gasteiger partial charge in [-0.2, -0.15) is 13.2 Å². The van der Waals surface area contributed by atoms with Crippen LogP contribution in [0.5, 0.6) is 0 Å². The third kappa shape index (κ3) is 6.42. The lowest BCUT2D eigenvalue weighted by Gasteiger charge is -2.38. The van der Waals surface area contributed by atoms with E-state index in [0.29, 0.717) is 35.5 Å². The van der Waals surface area contributed by atoms with Crippen LogP contribution < -0.4 is 21.5 Å². The average molecular weight is 649 g/mol. The molecule has 5 rings (SSSR count). The molecule has 1 amide bonds. The van der Waals surface area contributed by atoms with E-state index in [1.54, 1.807) is 19.2 Å². The number of hydrogen-bond acceptors (Lipinski definition) is 8. The molecular weight excluding hydrogens is 616 g/mol. The molecular formula is C31H32F4N4O7. The predicted octanol–water partition coefficient (Wildman–Crippen LogP) is 2.34. The zero-order valence-electron chi connectivity index (χ0n) is 25.3. The van der Waals surface area contributed by atoms with Crippen molar-refractivity contribution in [3.05, 3.63) is 91.0 Å². The fraction of sp³-hybridized carbons (Fsp3) is 0.419. The van der Waals surface area contributed by atoms with Crippen molar-refractivity contribution in [2.24, 2.45) is 7.05 Å². The summed E-state index contributed by atoms with van der Waals surface area (Å²) in [5.74, 6) is -2.84. The molecule has 0 aliphatic carbocycles. The lowest BCUT2D eigenvalue weighted by atomic mass is 10.0. The molecule has 2 aromatic carbocycles. The molecule has 3 heterocycles. The third-order valence-corrected chi connectivity index (χ3v) is 8.19. The van der Waals surface area contributed by atoms with E-state index >= 15 is 4.39 Å². The summed E-state index contributed by atoms with van der Waals surface area (Å²) in [5, 5.41) is 2.46. The zero-order valence-corrected chi connectivity index (χ0v) is 25.3. The number of ether oxygens (including phenoxy) is 3. The molecule has 0 spiro atoms. The number of hydrogen-bond donors (Lipinski definition) is 1. The van der Waals surface area contributed by atoms with Crippen LogP contribution in [0.2, 0.25) is 0 Å². The minimum absolute atomic E-state index is 0.0212. The normalized spacial score (nSPS) is 17.3. The lowest BCUT2D eigenvalue weighted by molar-refractivity contribution is -0.167. The van der Waals surface area contributed by atoms with Crippen LogP contribution in [-0.2, 0) is 45.5 Å². The predicted molar refractivity (Wildman–Crippen MR) is 157 cm³/mol. The number of carbonyl (C=O) groups is 2. The van der Waals surface area contributed by atoms with Gasteiger partial charge in [-0.15, -0.1) is 0 Å². The number of anilines is 1. The van der Waals surface area contributed by atoms with E-state index in [-0.39, 0.29) is 37.4 Å². The van der Waals surface area contributed by atoms with Gasteiger partial charge in [0.15, 0.2) is 0 Å². The summed E-state index contributed by atoms with van der Waals surface area (Å²) in [7, 11) is 2.68. The largest absolute Gasteiger partial charge is 0.467 e. The van der Waals surface area contributed by atoms with Crippen molar-refractivity contribution >= 4 is 17.6 Å². The number of aromatic nitrogens is 2. The molecule has 2 aliphatic rings. The molecule has 1 saturated heterocycles. The Balaban J connectivity index is 1.36. The fourth-order valence-corrected chi connectivity index (χ4v) is 5.77. The molecule has 1 fully saturated rings. The van der Waals surface area contributed by atoms with Gasteiger partial charge in [-0.3, -0.25) is 14.2 Å². The summed E-state index contributed by atoms with van der Waals surface area (Å²) in [6.45, 7) is 1.20. The van der Waals surface area contributed by atoms with Crippen molar-refractivity contribution in [2.45, 2.75) is 44.6 Å².